The minimum Gasteiger partial charge on any atom is -0.392 e. The van der Waals surface area contributed by atoms with Crippen molar-refractivity contribution in [3.63, 3.8) is 0 Å². The van der Waals surface area contributed by atoms with E-state index in [1.54, 1.807) is 18.2 Å². The van der Waals surface area contributed by atoms with Crippen LogP contribution in [0.3, 0.4) is 0 Å². The lowest BCUT2D eigenvalue weighted by molar-refractivity contribution is 0.189. The third kappa shape index (κ3) is 2.64. The molecular weight excluding hydrogens is 333 g/mol. The zero-order chi connectivity index (χ0) is 15.2. The van der Waals surface area contributed by atoms with Gasteiger partial charge in [0.2, 0.25) is 10.0 Å². The fourth-order valence-corrected chi connectivity index (χ4v) is 4.46. The third-order valence-electron chi connectivity index (χ3n) is 3.65. The molecule has 0 aliphatic carbocycles. The van der Waals surface area contributed by atoms with Gasteiger partial charge in [-0.2, -0.15) is 4.31 Å². The molecule has 0 amide bonds. The molecule has 1 fully saturated rings. The average molecular weight is 346 g/mol. The Hall–Kier alpha value is -0.850. The van der Waals surface area contributed by atoms with Gasteiger partial charge >= 0.3 is 0 Å². The number of halogens is 2. The van der Waals surface area contributed by atoms with Gasteiger partial charge in [0.15, 0.2) is 0 Å². The molecule has 1 atom stereocenters. The van der Waals surface area contributed by atoms with Crippen LogP contribution in [-0.4, -0.2) is 37.0 Å². The summed E-state index contributed by atoms with van der Waals surface area (Å²) in [7, 11) is -3.62. The molecule has 0 saturated carbocycles. The van der Waals surface area contributed by atoms with Gasteiger partial charge < -0.3 is 5.11 Å². The lowest BCUT2D eigenvalue weighted by Crippen LogP contribution is -2.29. The van der Waals surface area contributed by atoms with Gasteiger partial charge in [0.05, 0.1) is 11.0 Å². The van der Waals surface area contributed by atoms with E-state index in [0.29, 0.717) is 33.8 Å². The van der Waals surface area contributed by atoms with E-state index in [-0.39, 0.29) is 11.4 Å². The Bertz CT molecular complexity index is 807. The van der Waals surface area contributed by atoms with Crippen molar-refractivity contribution in [3.05, 3.63) is 40.4 Å². The molecule has 21 heavy (non-hydrogen) atoms. The largest absolute Gasteiger partial charge is 0.392 e. The molecule has 7 heteroatoms. The number of aliphatic hydroxyl groups excluding tert-OH is 1. The number of aliphatic hydroxyl groups is 1. The highest BCUT2D eigenvalue weighted by Gasteiger charge is 2.31. The molecule has 1 aliphatic rings. The first-order chi connectivity index (χ1) is 9.89. The lowest BCUT2D eigenvalue weighted by atomic mass is 10.1. The maximum absolute atomic E-state index is 12.6. The number of fused-ring (bicyclic) bond motifs is 1. The summed E-state index contributed by atoms with van der Waals surface area (Å²) in [5.74, 6) is 0. The summed E-state index contributed by atoms with van der Waals surface area (Å²) in [6.45, 7) is 0.453. The highest BCUT2D eigenvalue weighted by molar-refractivity contribution is 7.89. The Morgan fingerprint density at radius 2 is 1.76 bits per heavy atom. The van der Waals surface area contributed by atoms with E-state index < -0.39 is 16.1 Å². The van der Waals surface area contributed by atoms with Crippen molar-refractivity contribution < 1.29 is 13.5 Å². The highest BCUT2D eigenvalue weighted by Crippen LogP contribution is 2.32. The van der Waals surface area contributed by atoms with Crippen LogP contribution in [0.1, 0.15) is 6.42 Å². The summed E-state index contributed by atoms with van der Waals surface area (Å²) in [5, 5.41) is 11.8. The second-order valence-corrected chi connectivity index (χ2v) is 7.79. The Balaban J connectivity index is 2.11. The maximum Gasteiger partial charge on any atom is 0.243 e. The molecular formula is C14H13Cl2NO3S. The lowest BCUT2D eigenvalue weighted by Gasteiger charge is -2.16. The molecule has 1 aliphatic heterocycles. The minimum absolute atomic E-state index is 0.129. The van der Waals surface area contributed by atoms with Gasteiger partial charge in [0.1, 0.15) is 0 Å². The first kappa shape index (κ1) is 15.1. The summed E-state index contributed by atoms with van der Waals surface area (Å²) in [4.78, 5) is 0.160. The van der Waals surface area contributed by atoms with Gasteiger partial charge in [0.25, 0.3) is 0 Å². The molecule has 0 unspecified atom stereocenters. The van der Waals surface area contributed by atoms with E-state index in [0.717, 1.165) is 0 Å². The maximum atomic E-state index is 12.6. The number of β-amino-alcohol motifs (C(OH)–C–C–N with tert-alkyl or cyclic N) is 1. The molecule has 0 aromatic heterocycles. The fourth-order valence-electron chi connectivity index (χ4n) is 2.49. The highest BCUT2D eigenvalue weighted by atomic mass is 35.5. The van der Waals surface area contributed by atoms with E-state index >= 15 is 0 Å². The van der Waals surface area contributed by atoms with E-state index in [9.17, 15) is 13.5 Å². The molecule has 2 aromatic rings. The Kier molecular flexibility index (Phi) is 3.88. The van der Waals surface area contributed by atoms with Crippen LogP contribution in [-0.2, 0) is 10.0 Å². The van der Waals surface area contributed by atoms with Gasteiger partial charge in [-0.05, 0) is 30.7 Å². The summed E-state index contributed by atoms with van der Waals surface area (Å²) < 4.78 is 26.4. The van der Waals surface area contributed by atoms with Crippen molar-refractivity contribution in [3.8, 4) is 0 Å². The predicted octanol–water partition coefficient (Wildman–Crippen LogP) is 2.90. The van der Waals surface area contributed by atoms with Crippen LogP contribution in [0.2, 0.25) is 10.0 Å². The molecule has 0 spiro atoms. The van der Waals surface area contributed by atoms with E-state index in [2.05, 4.69) is 0 Å². The SMILES string of the molecule is O=S(=O)(c1ccc2c(Cl)ccc(Cl)c2c1)N1CC[C@H](O)C1. The second-order valence-electron chi connectivity index (χ2n) is 5.04. The zero-order valence-electron chi connectivity index (χ0n) is 11.0. The van der Waals surface area contributed by atoms with Crippen molar-refractivity contribution in [2.45, 2.75) is 17.4 Å². The number of hydrogen-bond acceptors (Lipinski definition) is 3. The molecule has 3 rings (SSSR count). The van der Waals surface area contributed by atoms with Crippen molar-refractivity contribution >= 4 is 44.0 Å². The van der Waals surface area contributed by atoms with Crippen LogP contribution in [0.25, 0.3) is 10.8 Å². The van der Waals surface area contributed by atoms with Gasteiger partial charge in [-0.15, -0.1) is 0 Å². The van der Waals surface area contributed by atoms with Crippen LogP contribution < -0.4 is 0 Å². The van der Waals surface area contributed by atoms with Gasteiger partial charge in [-0.1, -0.05) is 29.3 Å². The number of nitrogens with zero attached hydrogens (tertiary/aromatic N) is 1. The summed E-state index contributed by atoms with van der Waals surface area (Å²) in [5.41, 5.74) is 0. The summed E-state index contributed by atoms with van der Waals surface area (Å²) in [6, 6.07) is 8.02. The topological polar surface area (TPSA) is 57.6 Å². The standard InChI is InChI=1S/C14H13Cl2NO3S/c15-13-3-4-14(16)12-7-10(1-2-11(12)13)21(19,20)17-6-5-9(18)8-17/h1-4,7,9,18H,5-6,8H2/t9-/m0/s1. The first-order valence-electron chi connectivity index (χ1n) is 6.45. The molecule has 1 heterocycles. The Morgan fingerprint density at radius 1 is 1.10 bits per heavy atom. The first-order valence-corrected chi connectivity index (χ1v) is 8.65. The second kappa shape index (κ2) is 5.41. The van der Waals surface area contributed by atoms with Gasteiger partial charge in [-0.25, -0.2) is 8.42 Å². The van der Waals surface area contributed by atoms with Crippen LogP contribution in [0.15, 0.2) is 35.2 Å². The number of hydrogen-bond donors (Lipinski definition) is 1. The number of rotatable bonds is 2. The van der Waals surface area contributed by atoms with Crippen LogP contribution >= 0.6 is 23.2 Å². The molecule has 112 valence electrons. The van der Waals surface area contributed by atoms with Crippen molar-refractivity contribution in [1.29, 1.82) is 0 Å². The van der Waals surface area contributed by atoms with Gasteiger partial charge in [-0.3, -0.25) is 0 Å². The van der Waals surface area contributed by atoms with Crippen LogP contribution in [0.4, 0.5) is 0 Å². The fraction of sp³-hybridized carbons (Fsp3) is 0.286. The quantitative estimate of drug-likeness (QED) is 0.910. The van der Waals surface area contributed by atoms with E-state index in [1.165, 1.54) is 16.4 Å². The number of benzene rings is 2. The molecule has 4 nitrogen and oxygen atoms in total. The van der Waals surface area contributed by atoms with Gasteiger partial charge in [0, 0.05) is 33.9 Å². The third-order valence-corrected chi connectivity index (χ3v) is 6.17. The summed E-state index contributed by atoms with van der Waals surface area (Å²) >= 11 is 12.2. The van der Waals surface area contributed by atoms with E-state index in [1.807, 2.05) is 0 Å². The Labute approximate surface area is 132 Å². The van der Waals surface area contributed by atoms with Crippen molar-refractivity contribution in [2.75, 3.05) is 13.1 Å². The average Bonchev–Trinajstić information content (AvgIpc) is 2.90. The number of sulfonamides is 1. The molecule has 2 aromatic carbocycles. The minimum atomic E-state index is -3.62. The smallest absolute Gasteiger partial charge is 0.243 e. The molecule has 1 saturated heterocycles. The zero-order valence-corrected chi connectivity index (χ0v) is 13.3. The predicted molar refractivity (Wildman–Crippen MR) is 83.4 cm³/mol. The normalized spacial score (nSPS) is 20.2. The Morgan fingerprint density at radius 3 is 2.38 bits per heavy atom. The summed E-state index contributed by atoms with van der Waals surface area (Å²) in [6.07, 6.45) is -0.141. The van der Waals surface area contributed by atoms with Crippen LogP contribution in [0.5, 0.6) is 0 Å². The molecule has 1 N–H and O–H groups in total. The molecule has 0 bridgehead atoms. The van der Waals surface area contributed by atoms with Crippen molar-refractivity contribution in [2.24, 2.45) is 0 Å². The monoisotopic (exact) mass is 345 g/mol. The van der Waals surface area contributed by atoms with Crippen molar-refractivity contribution in [1.82, 2.24) is 4.31 Å². The van der Waals surface area contributed by atoms with E-state index in [4.69, 9.17) is 23.2 Å². The van der Waals surface area contributed by atoms with Crippen LogP contribution in [0, 0.1) is 0 Å². The molecule has 0 radical (unpaired) electrons.